The zero-order valence-electron chi connectivity index (χ0n) is 11.7. The third kappa shape index (κ3) is 1.87. The molecule has 0 aromatic rings. The van der Waals surface area contributed by atoms with Crippen LogP contribution < -0.4 is 0 Å². The Hall–Kier alpha value is -1.06. The van der Waals surface area contributed by atoms with E-state index in [1.54, 1.807) is 0 Å². The Morgan fingerprint density at radius 3 is 2.21 bits per heavy atom. The van der Waals surface area contributed by atoms with Crippen LogP contribution in [0.4, 0.5) is 0 Å². The average Bonchev–Trinajstić information content (AvgIpc) is 3.04. The Morgan fingerprint density at radius 1 is 1.21 bits per heavy atom. The van der Waals surface area contributed by atoms with E-state index in [9.17, 15) is 9.59 Å². The van der Waals surface area contributed by atoms with Crippen molar-refractivity contribution in [3.8, 4) is 0 Å². The van der Waals surface area contributed by atoms with Crippen LogP contribution in [0.5, 0.6) is 0 Å². The average molecular weight is 265 g/mol. The van der Waals surface area contributed by atoms with Crippen molar-refractivity contribution >= 4 is 11.9 Å². The summed E-state index contributed by atoms with van der Waals surface area (Å²) in [5, 5.41) is 9.08. The summed E-state index contributed by atoms with van der Waals surface area (Å²) < 4.78 is 0. The van der Waals surface area contributed by atoms with Gasteiger partial charge in [-0.3, -0.25) is 9.59 Å². The number of carbonyl (C=O) groups is 2. The van der Waals surface area contributed by atoms with Gasteiger partial charge in [0.05, 0.1) is 5.92 Å². The molecule has 3 fully saturated rings. The molecule has 1 aliphatic heterocycles. The second-order valence-electron chi connectivity index (χ2n) is 6.74. The van der Waals surface area contributed by atoms with E-state index >= 15 is 0 Å². The number of hydrogen-bond donors (Lipinski definition) is 1. The van der Waals surface area contributed by atoms with Crippen LogP contribution in [-0.4, -0.2) is 35.0 Å². The van der Waals surface area contributed by atoms with E-state index in [4.69, 9.17) is 5.11 Å². The fraction of sp³-hybridized carbons (Fsp3) is 0.867. The van der Waals surface area contributed by atoms with Crippen molar-refractivity contribution in [1.29, 1.82) is 0 Å². The van der Waals surface area contributed by atoms with Gasteiger partial charge in [-0.25, -0.2) is 0 Å². The largest absolute Gasteiger partial charge is 0.481 e. The smallest absolute Gasteiger partial charge is 0.307 e. The lowest BCUT2D eigenvalue weighted by atomic mass is 9.66. The summed E-state index contributed by atoms with van der Waals surface area (Å²) in [5.41, 5.74) is -0.0398. The molecule has 0 aromatic heterocycles. The Balaban J connectivity index is 1.59. The fourth-order valence-electron chi connectivity index (χ4n) is 4.06. The number of aliphatic carboxylic acids is 1. The zero-order valence-corrected chi connectivity index (χ0v) is 11.7. The minimum Gasteiger partial charge on any atom is -0.481 e. The van der Waals surface area contributed by atoms with Crippen molar-refractivity contribution in [1.82, 2.24) is 4.90 Å². The Labute approximate surface area is 114 Å². The maximum absolute atomic E-state index is 12.6. The quantitative estimate of drug-likeness (QED) is 0.851. The molecule has 3 aliphatic rings. The summed E-state index contributed by atoms with van der Waals surface area (Å²) in [5.74, 6) is -0.457. The molecule has 0 radical (unpaired) electrons. The van der Waals surface area contributed by atoms with Gasteiger partial charge in [-0.2, -0.15) is 0 Å². The van der Waals surface area contributed by atoms with Crippen molar-refractivity contribution in [3.05, 3.63) is 0 Å². The predicted molar refractivity (Wildman–Crippen MR) is 70.6 cm³/mol. The summed E-state index contributed by atoms with van der Waals surface area (Å²) in [4.78, 5) is 25.6. The SMILES string of the molecule is CCC1(C(=O)N2CCC3(CC2)CC3C(=O)O)CCC1. The second-order valence-corrected chi connectivity index (χ2v) is 6.74. The van der Waals surface area contributed by atoms with E-state index < -0.39 is 5.97 Å². The summed E-state index contributed by atoms with van der Waals surface area (Å²) in [6.07, 6.45) is 6.81. The van der Waals surface area contributed by atoms with Crippen LogP contribution in [0.15, 0.2) is 0 Å². The van der Waals surface area contributed by atoms with Crippen molar-refractivity contribution in [2.75, 3.05) is 13.1 Å². The molecule has 1 N–H and O–H groups in total. The van der Waals surface area contributed by atoms with Gasteiger partial charge in [-0.15, -0.1) is 0 Å². The molecule has 1 heterocycles. The zero-order chi connectivity index (χ0) is 13.7. The predicted octanol–water partition coefficient (Wildman–Crippen LogP) is 2.28. The van der Waals surface area contributed by atoms with Crippen LogP contribution in [0.1, 0.15) is 51.9 Å². The minimum absolute atomic E-state index is 0.0294. The third-order valence-electron chi connectivity index (χ3n) is 5.98. The molecule has 4 nitrogen and oxygen atoms in total. The highest BCUT2D eigenvalue weighted by atomic mass is 16.4. The van der Waals surface area contributed by atoms with Gasteiger partial charge in [0.15, 0.2) is 0 Å². The molecule has 0 aromatic carbocycles. The Kier molecular flexibility index (Phi) is 2.88. The second kappa shape index (κ2) is 4.22. The maximum Gasteiger partial charge on any atom is 0.307 e. The van der Waals surface area contributed by atoms with Crippen molar-refractivity contribution < 1.29 is 14.7 Å². The van der Waals surface area contributed by atoms with Gasteiger partial charge < -0.3 is 10.0 Å². The van der Waals surface area contributed by atoms with Crippen LogP contribution in [0.2, 0.25) is 0 Å². The molecule has 1 unspecified atom stereocenters. The minimum atomic E-state index is -0.649. The standard InChI is InChI=1S/C15H23NO3/c1-2-14(4-3-5-14)13(19)16-8-6-15(7-9-16)10-11(15)12(17)18/h11H,2-10H2,1H3,(H,17,18). The van der Waals surface area contributed by atoms with E-state index in [-0.39, 0.29) is 16.7 Å². The number of amides is 1. The van der Waals surface area contributed by atoms with Gasteiger partial charge in [-0.05, 0) is 43.9 Å². The lowest BCUT2D eigenvalue weighted by Gasteiger charge is -2.45. The van der Waals surface area contributed by atoms with Crippen LogP contribution >= 0.6 is 0 Å². The van der Waals surface area contributed by atoms with Gasteiger partial charge >= 0.3 is 5.97 Å². The number of likely N-dealkylation sites (tertiary alicyclic amines) is 1. The summed E-state index contributed by atoms with van der Waals surface area (Å²) in [7, 11) is 0. The number of carboxylic acids is 1. The molecule has 1 spiro atoms. The Bertz CT molecular complexity index is 400. The monoisotopic (exact) mass is 265 g/mol. The molecule has 19 heavy (non-hydrogen) atoms. The van der Waals surface area contributed by atoms with Crippen LogP contribution in [0, 0.1) is 16.7 Å². The summed E-state index contributed by atoms with van der Waals surface area (Å²) in [6, 6.07) is 0. The maximum atomic E-state index is 12.6. The first-order valence-electron chi connectivity index (χ1n) is 7.55. The van der Waals surface area contributed by atoms with Crippen molar-refractivity contribution in [2.24, 2.45) is 16.7 Å². The number of rotatable bonds is 3. The van der Waals surface area contributed by atoms with Gasteiger partial charge in [0.1, 0.15) is 0 Å². The highest BCUT2D eigenvalue weighted by Crippen LogP contribution is 2.59. The fourth-order valence-corrected chi connectivity index (χ4v) is 4.06. The topological polar surface area (TPSA) is 57.6 Å². The highest BCUT2D eigenvalue weighted by Gasteiger charge is 2.59. The molecule has 2 aliphatic carbocycles. The number of carboxylic acid groups (broad SMARTS) is 1. The van der Waals surface area contributed by atoms with Crippen LogP contribution in [0.25, 0.3) is 0 Å². The first-order chi connectivity index (χ1) is 9.03. The van der Waals surface area contributed by atoms with E-state index in [1.165, 1.54) is 6.42 Å². The van der Waals surface area contributed by atoms with Crippen LogP contribution in [0.3, 0.4) is 0 Å². The highest BCUT2D eigenvalue weighted by molar-refractivity contribution is 5.84. The van der Waals surface area contributed by atoms with Gasteiger partial charge in [-0.1, -0.05) is 13.3 Å². The van der Waals surface area contributed by atoms with Crippen molar-refractivity contribution in [2.45, 2.75) is 51.9 Å². The molecular formula is C15H23NO3. The number of nitrogens with zero attached hydrogens (tertiary/aromatic N) is 1. The molecule has 1 atom stereocenters. The molecular weight excluding hydrogens is 242 g/mol. The van der Waals surface area contributed by atoms with E-state index in [0.29, 0.717) is 5.91 Å². The molecule has 2 saturated carbocycles. The van der Waals surface area contributed by atoms with Gasteiger partial charge in [0, 0.05) is 18.5 Å². The lowest BCUT2D eigenvalue weighted by molar-refractivity contribution is -0.149. The van der Waals surface area contributed by atoms with E-state index in [2.05, 4.69) is 6.92 Å². The summed E-state index contributed by atoms with van der Waals surface area (Å²) in [6.45, 7) is 3.65. The van der Waals surface area contributed by atoms with E-state index in [0.717, 1.165) is 51.6 Å². The molecule has 1 amide bonds. The molecule has 4 heteroatoms. The lowest BCUT2D eigenvalue weighted by Crippen LogP contribution is -2.50. The van der Waals surface area contributed by atoms with Gasteiger partial charge in [0.25, 0.3) is 0 Å². The number of carbonyl (C=O) groups excluding carboxylic acids is 1. The van der Waals surface area contributed by atoms with Crippen LogP contribution in [-0.2, 0) is 9.59 Å². The van der Waals surface area contributed by atoms with Crippen molar-refractivity contribution in [3.63, 3.8) is 0 Å². The first kappa shape index (κ1) is 12.9. The first-order valence-corrected chi connectivity index (χ1v) is 7.55. The number of piperidine rings is 1. The van der Waals surface area contributed by atoms with E-state index in [1.807, 2.05) is 4.90 Å². The molecule has 0 bridgehead atoms. The molecule has 1 saturated heterocycles. The molecule has 3 rings (SSSR count). The molecule has 106 valence electrons. The van der Waals surface area contributed by atoms with Gasteiger partial charge in [0.2, 0.25) is 5.91 Å². The normalized spacial score (nSPS) is 30.8. The summed E-state index contributed by atoms with van der Waals surface area (Å²) >= 11 is 0. The third-order valence-corrected chi connectivity index (χ3v) is 5.98. The Morgan fingerprint density at radius 2 is 1.84 bits per heavy atom. The number of hydrogen-bond acceptors (Lipinski definition) is 2.